The highest BCUT2D eigenvalue weighted by Crippen LogP contribution is 2.23. The number of fused-ring (bicyclic) bond motifs is 1. The van der Waals surface area contributed by atoms with Crippen LogP contribution in [0.3, 0.4) is 0 Å². The van der Waals surface area contributed by atoms with E-state index in [2.05, 4.69) is 10.0 Å². The molecule has 1 atom stereocenters. The molecule has 0 aliphatic rings. The average molecular weight is 310 g/mol. The van der Waals surface area contributed by atoms with Crippen LogP contribution >= 0.6 is 0 Å². The summed E-state index contributed by atoms with van der Waals surface area (Å²) < 4.78 is 31.0. The van der Waals surface area contributed by atoms with E-state index in [4.69, 9.17) is 4.42 Å². The third-order valence-electron chi connectivity index (χ3n) is 3.18. The molecule has 0 saturated heterocycles. The largest absolute Gasteiger partial charge is 0.459 e. The molecule has 0 aliphatic carbocycles. The predicted molar refractivity (Wildman–Crippen MR) is 84.7 cm³/mol. The number of sulfonamides is 1. The molecule has 1 unspecified atom stereocenters. The number of rotatable bonds is 6. The van der Waals surface area contributed by atoms with Gasteiger partial charge in [0.25, 0.3) is 0 Å². The Morgan fingerprint density at radius 3 is 2.57 bits per heavy atom. The fourth-order valence-corrected chi connectivity index (χ4v) is 3.34. The molecule has 0 fully saturated rings. The van der Waals surface area contributed by atoms with Gasteiger partial charge >= 0.3 is 0 Å². The molecule has 0 radical (unpaired) electrons. The van der Waals surface area contributed by atoms with Gasteiger partial charge in [0.05, 0.1) is 12.3 Å². The first-order chi connectivity index (χ1) is 9.66. The van der Waals surface area contributed by atoms with Gasteiger partial charge in [-0.1, -0.05) is 18.2 Å². The van der Waals surface area contributed by atoms with Crippen LogP contribution in [0.25, 0.3) is 11.0 Å². The van der Waals surface area contributed by atoms with E-state index in [9.17, 15) is 8.42 Å². The van der Waals surface area contributed by atoms with Crippen LogP contribution in [0.5, 0.6) is 0 Å². The second-order valence-electron chi connectivity index (χ2n) is 6.05. The van der Waals surface area contributed by atoms with Crippen molar-refractivity contribution >= 4 is 21.0 Å². The van der Waals surface area contributed by atoms with E-state index < -0.39 is 15.6 Å². The second kappa shape index (κ2) is 5.79. The molecule has 1 heterocycles. The van der Waals surface area contributed by atoms with Crippen molar-refractivity contribution in [2.24, 2.45) is 0 Å². The lowest BCUT2D eigenvalue weighted by atomic mass is 10.1. The van der Waals surface area contributed by atoms with Gasteiger partial charge in [-0.15, -0.1) is 0 Å². The first-order valence-corrected chi connectivity index (χ1v) is 8.76. The Labute approximate surface area is 125 Å². The Hall–Kier alpha value is -1.37. The summed E-state index contributed by atoms with van der Waals surface area (Å²) in [6, 6.07) is 9.85. The molecule has 2 aromatic rings. The number of furan rings is 1. The van der Waals surface area contributed by atoms with Gasteiger partial charge in [-0.3, -0.25) is 0 Å². The van der Waals surface area contributed by atoms with Crippen molar-refractivity contribution in [1.82, 2.24) is 10.0 Å². The molecule has 2 N–H and O–H groups in total. The number of para-hydroxylation sites is 1. The van der Waals surface area contributed by atoms with Gasteiger partial charge in [0.15, 0.2) is 0 Å². The zero-order valence-corrected chi connectivity index (χ0v) is 13.6. The first-order valence-electron chi connectivity index (χ1n) is 6.87. The SMILES string of the molecule is CC(NCC(C)(C)NS(C)(=O)=O)c1cc2ccccc2o1. The molecule has 0 amide bonds. The molecule has 2 rings (SSSR count). The van der Waals surface area contributed by atoms with Crippen molar-refractivity contribution < 1.29 is 12.8 Å². The van der Waals surface area contributed by atoms with Crippen LogP contribution in [-0.4, -0.2) is 26.8 Å². The summed E-state index contributed by atoms with van der Waals surface area (Å²) in [6.07, 6.45) is 1.16. The van der Waals surface area contributed by atoms with Gasteiger partial charge in [-0.25, -0.2) is 13.1 Å². The van der Waals surface area contributed by atoms with Crippen molar-refractivity contribution in [2.45, 2.75) is 32.4 Å². The molecule has 5 nitrogen and oxygen atoms in total. The summed E-state index contributed by atoms with van der Waals surface area (Å²) in [7, 11) is -3.23. The van der Waals surface area contributed by atoms with E-state index in [0.717, 1.165) is 23.0 Å². The fraction of sp³-hybridized carbons (Fsp3) is 0.467. The summed E-state index contributed by atoms with van der Waals surface area (Å²) >= 11 is 0. The molecule has 0 spiro atoms. The quantitative estimate of drug-likeness (QED) is 0.859. The molecule has 0 aliphatic heterocycles. The van der Waals surface area contributed by atoms with Gasteiger partial charge in [0.2, 0.25) is 10.0 Å². The Morgan fingerprint density at radius 2 is 1.95 bits per heavy atom. The van der Waals surface area contributed by atoms with Crippen LogP contribution in [0.2, 0.25) is 0 Å². The summed E-state index contributed by atoms with van der Waals surface area (Å²) in [5.74, 6) is 0.839. The van der Waals surface area contributed by atoms with E-state index in [1.165, 1.54) is 0 Å². The van der Waals surface area contributed by atoms with E-state index in [0.29, 0.717) is 6.54 Å². The molecule has 1 aromatic heterocycles. The van der Waals surface area contributed by atoms with Gasteiger partial charge in [0, 0.05) is 17.5 Å². The van der Waals surface area contributed by atoms with Crippen LogP contribution in [0.4, 0.5) is 0 Å². The van der Waals surface area contributed by atoms with Crippen molar-refractivity contribution in [1.29, 1.82) is 0 Å². The highest BCUT2D eigenvalue weighted by atomic mass is 32.2. The molecule has 6 heteroatoms. The second-order valence-corrected chi connectivity index (χ2v) is 7.80. The number of benzene rings is 1. The Bertz CT molecular complexity index is 686. The van der Waals surface area contributed by atoms with Crippen molar-refractivity contribution in [3.05, 3.63) is 36.1 Å². The molecule has 116 valence electrons. The number of nitrogens with one attached hydrogen (secondary N) is 2. The summed E-state index contributed by atoms with van der Waals surface area (Å²) in [5, 5.41) is 4.37. The molecule has 1 aromatic carbocycles. The first kappa shape index (κ1) is 16.0. The molecule has 0 saturated carbocycles. The normalized spacial score (nSPS) is 14.5. The number of hydrogen-bond acceptors (Lipinski definition) is 4. The fourth-order valence-electron chi connectivity index (χ4n) is 2.26. The van der Waals surface area contributed by atoms with Gasteiger partial charge in [-0.2, -0.15) is 0 Å². The maximum atomic E-state index is 11.3. The third kappa shape index (κ3) is 4.56. The minimum Gasteiger partial charge on any atom is -0.459 e. The van der Waals surface area contributed by atoms with E-state index in [-0.39, 0.29) is 6.04 Å². The van der Waals surface area contributed by atoms with Crippen LogP contribution in [0.15, 0.2) is 34.7 Å². The zero-order valence-electron chi connectivity index (χ0n) is 12.8. The Morgan fingerprint density at radius 1 is 1.29 bits per heavy atom. The van der Waals surface area contributed by atoms with E-state index in [1.54, 1.807) is 0 Å². The predicted octanol–water partition coefficient (Wildman–Crippen LogP) is 2.41. The van der Waals surface area contributed by atoms with Crippen LogP contribution < -0.4 is 10.0 Å². The lowest BCUT2D eigenvalue weighted by Crippen LogP contribution is -2.50. The highest BCUT2D eigenvalue weighted by Gasteiger charge is 2.23. The van der Waals surface area contributed by atoms with Crippen LogP contribution in [0, 0.1) is 0 Å². The summed E-state index contributed by atoms with van der Waals surface area (Å²) in [6.45, 7) is 6.17. The minimum absolute atomic E-state index is 0.00182. The molecule has 0 bridgehead atoms. The Kier molecular flexibility index (Phi) is 4.41. The smallest absolute Gasteiger partial charge is 0.209 e. The maximum Gasteiger partial charge on any atom is 0.209 e. The van der Waals surface area contributed by atoms with E-state index >= 15 is 0 Å². The standard InChI is InChI=1S/C15H22N2O3S/c1-11(16-10-15(2,3)17-21(4,18)19)14-9-12-7-5-6-8-13(12)20-14/h5-9,11,16-17H,10H2,1-4H3. The van der Waals surface area contributed by atoms with Crippen LogP contribution in [0.1, 0.15) is 32.6 Å². The summed E-state index contributed by atoms with van der Waals surface area (Å²) in [5.41, 5.74) is 0.295. The van der Waals surface area contributed by atoms with Crippen LogP contribution in [-0.2, 0) is 10.0 Å². The monoisotopic (exact) mass is 310 g/mol. The van der Waals surface area contributed by atoms with Crippen molar-refractivity contribution in [2.75, 3.05) is 12.8 Å². The third-order valence-corrected chi connectivity index (χ3v) is 4.11. The van der Waals surface area contributed by atoms with Crippen molar-refractivity contribution in [3.63, 3.8) is 0 Å². The molecular formula is C15H22N2O3S. The maximum absolute atomic E-state index is 11.3. The summed E-state index contributed by atoms with van der Waals surface area (Å²) in [4.78, 5) is 0. The zero-order chi connectivity index (χ0) is 15.7. The molecule has 21 heavy (non-hydrogen) atoms. The van der Waals surface area contributed by atoms with Gasteiger partial charge in [0.1, 0.15) is 11.3 Å². The van der Waals surface area contributed by atoms with Gasteiger partial charge < -0.3 is 9.73 Å². The topological polar surface area (TPSA) is 71.3 Å². The van der Waals surface area contributed by atoms with Crippen molar-refractivity contribution in [3.8, 4) is 0 Å². The Balaban J connectivity index is 2.02. The van der Waals surface area contributed by atoms with E-state index in [1.807, 2.05) is 51.1 Å². The lowest BCUT2D eigenvalue weighted by Gasteiger charge is -2.27. The number of hydrogen-bond donors (Lipinski definition) is 2. The average Bonchev–Trinajstić information content (AvgIpc) is 2.77. The lowest BCUT2D eigenvalue weighted by molar-refractivity contribution is 0.375. The molecular weight excluding hydrogens is 288 g/mol. The minimum atomic E-state index is -3.23. The highest BCUT2D eigenvalue weighted by molar-refractivity contribution is 7.88. The van der Waals surface area contributed by atoms with Gasteiger partial charge in [-0.05, 0) is 32.9 Å².